The van der Waals surface area contributed by atoms with E-state index in [-0.39, 0.29) is 31.1 Å². The van der Waals surface area contributed by atoms with E-state index in [0.29, 0.717) is 43.0 Å². The molecule has 36 heavy (non-hydrogen) atoms. The third-order valence-electron chi connectivity index (χ3n) is 6.94. The number of anilines is 1. The van der Waals surface area contributed by atoms with E-state index in [1.54, 1.807) is 17.2 Å². The zero-order valence-corrected chi connectivity index (χ0v) is 20.3. The number of hydrogen-bond acceptors (Lipinski definition) is 4. The van der Waals surface area contributed by atoms with Crippen LogP contribution in [0.1, 0.15) is 24.0 Å². The number of carbonyl (C=O) groups excluding carboxylic acids is 2. The molecule has 2 aliphatic heterocycles. The minimum absolute atomic E-state index is 0.000450. The number of carbonyl (C=O) groups is 3. The van der Waals surface area contributed by atoms with Crippen LogP contribution in [0.15, 0.2) is 42.6 Å². The normalized spacial score (nSPS) is 17.0. The number of hydrogen-bond donors (Lipinski definition) is 4. The summed E-state index contributed by atoms with van der Waals surface area (Å²) < 4.78 is 0. The zero-order chi connectivity index (χ0) is 25.2. The number of piperidine rings is 1. The van der Waals surface area contributed by atoms with Crippen LogP contribution in [-0.4, -0.2) is 68.8 Å². The van der Waals surface area contributed by atoms with Crippen molar-refractivity contribution >= 4 is 46.2 Å². The molecule has 1 saturated heterocycles. The van der Waals surface area contributed by atoms with Gasteiger partial charge in [-0.15, -0.1) is 0 Å². The summed E-state index contributed by atoms with van der Waals surface area (Å²) in [5.74, 6) is -1.79. The third-order valence-corrected chi connectivity index (χ3v) is 7.24. The molecule has 1 fully saturated rings. The van der Waals surface area contributed by atoms with E-state index >= 15 is 0 Å². The van der Waals surface area contributed by atoms with Gasteiger partial charge in [-0.2, -0.15) is 5.10 Å². The number of para-hydroxylation sites is 1. The van der Waals surface area contributed by atoms with Crippen molar-refractivity contribution in [2.75, 3.05) is 25.0 Å². The van der Waals surface area contributed by atoms with Crippen LogP contribution >= 0.6 is 11.6 Å². The van der Waals surface area contributed by atoms with Crippen molar-refractivity contribution < 1.29 is 19.5 Å². The van der Waals surface area contributed by atoms with E-state index in [1.165, 1.54) is 0 Å². The van der Waals surface area contributed by atoms with E-state index in [2.05, 4.69) is 20.8 Å². The molecular formula is C25H27ClN6O4. The Morgan fingerprint density at radius 3 is 2.78 bits per heavy atom. The van der Waals surface area contributed by atoms with Gasteiger partial charge in [0.1, 0.15) is 0 Å². The van der Waals surface area contributed by atoms with Crippen molar-refractivity contribution in [2.45, 2.75) is 31.8 Å². The van der Waals surface area contributed by atoms with Crippen molar-refractivity contribution in [3.63, 3.8) is 0 Å². The smallest absolute Gasteiger partial charge is 0.322 e. The minimum Gasteiger partial charge on any atom is -0.481 e. The van der Waals surface area contributed by atoms with Crippen molar-refractivity contribution in [1.29, 1.82) is 0 Å². The van der Waals surface area contributed by atoms with Gasteiger partial charge in [0.15, 0.2) is 0 Å². The molecule has 4 N–H and O–H groups in total. The summed E-state index contributed by atoms with van der Waals surface area (Å²) in [5, 5.41) is 23.5. The minimum atomic E-state index is -0.992. The fraction of sp³-hybridized carbons (Fsp3) is 0.360. The van der Waals surface area contributed by atoms with E-state index in [0.717, 1.165) is 22.2 Å². The van der Waals surface area contributed by atoms with Gasteiger partial charge < -0.3 is 25.5 Å². The lowest BCUT2D eigenvalue weighted by Crippen LogP contribution is -2.53. The number of H-pyrrole nitrogens is 1. The molecule has 188 valence electrons. The van der Waals surface area contributed by atoms with Crippen LogP contribution in [-0.2, 0) is 17.8 Å². The lowest BCUT2D eigenvalue weighted by Gasteiger charge is -2.40. The zero-order valence-electron chi connectivity index (χ0n) is 19.5. The fourth-order valence-electron chi connectivity index (χ4n) is 4.94. The van der Waals surface area contributed by atoms with Gasteiger partial charge in [0.05, 0.1) is 22.7 Å². The second kappa shape index (κ2) is 10.1. The summed E-state index contributed by atoms with van der Waals surface area (Å²) in [4.78, 5) is 40.8. The van der Waals surface area contributed by atoms with Gasteiger partial charge in [-0.05, 0) is 48.6 Å². The molecule has 0 spiro atoms. The molecule has 0 aliphatic carbocycles. The second-order valence-electron chi connectivity index (χ2n) is 9.27. The van der Waals surface area contributed by atoms with E-state index in [9.17, 15) is 19.5 Å². The first kappa shape index (κ1) is 23.9. The highest BCUT2D eigenvalue weighted by molar-refractivity contribution is 6.35. The van der Waals surface area contributed by atoms with Crippen LogP contribution in [0.2, 0.25) is 5.02 Å². The van der Waals surface area contributed by atoms with Crippen LogP contribution in [0.3, 0.4) is 0 Å². The number of aromatic nitrogens is 2. The number of aliphatic carboxylic acids is 1. The van der Waals surface area contributed by atoms with Gasteiger partial charge in [-0.3, -0.25) is 9.89 Å². The number of urea groups is 2. The van der Waals surface area contributed by atoms with Crippen LogP contribution < -0.4 is 10.6 Å². The predicted octanol–water partition coefficient (Wildman–Crippen LogP) is 3.68. The maximum absolute atomic E-state index is 12.8. The Morgan fingerprint density at radius 1 is 1.22 bits per heavy atom. The number of rotatable bonds is 6. The quantitative estimate of drug-likeness (QED) is 0.402. The molecule has 4 amide bonds. The van der Waals surface area contributed by atoms with E-state index < -0.39 is 11.9 Å². The van der Waals surface area contributed by atoms with Crippen molar-refractivity contribution in [2.24, 2.45) is 5.92 Å². The Hall–Kier alpha value is -3.79. The molecule has 3 aromatic rings. The molecule has 0 bridgehead atoms. The Balaban J connectivity index is 1.14. The Labute approximate surface area is 212 Å². The molecule has 1 aromatic heterocycles. The summed E-state index contributed by atoms with van der Waals surface area (Å²) in [6.45, 7) is 1.53. The molecular weight excluding hydrogens is 484 g/mol. The molecule has 2 aromatic carbocycles. The summed E-state index contributed by atoms with van der Waals surface area (Å²) in [5.41, 5.74) is 3.38. The molecule has 11 heteroatoms. The van der Waals surface area contributed by atoms with Crippen LogP contribution in [0.5, 0.6) is 0 Å². The van der Waals surface area contributed by atoms with Crippen LogP contribution in [0.25, 0.3) is 10.9 Å². The van der Waals surface area contributed by atoms with Crippen molar-refractivity contribution in [1.82, 2.24) is 25.3 Å². The van der Waals surface area contributed by atoms with Crippen LogP contribution in [0, 0.1) is 5.92 Å². The predicted molar refractivity (Wildman–Crippen MR) is 135 cm³/mol. The number of nitrogens with zero attached hydrogens (tertiary/aromatic N) is 3. The maximum atomic E-state index is 12.8. The Bertz CT molecular complexity index is 1300. The number of aromatic amines is 1. The number of nitrogens with one attached hydrogen (secondary N) is 3. The summed E-state index contributed by atoms with van der Waals surface area (Å²) in [6, 6.07) is 11.0. The molecule has 0 radical (unpaired) electrons. The van der Waals surface area contributed by atoms with Gasteiger partial charge in [0.25, 0.3) is 0 Å². The number of amides is 4. The summed E-state index contributed by atoms with van der Waals surface area (Å²) in [7, 11) is 0. The second-order valence-corrected chi connectivity index (χ2v) is 9.68. The third kappa shape index (κ3) is 4.94. The number of benzene rings is 2. The van der Waals surface area contributed by atoms with Gasteiger partial charge >= 0.3 is 18.0 Å². The largest absolute Gasteiger partial charge is 0.481 e. The molecule has 1 unspecified atom stereocenters. The molecule has 2 aliphatic rings. The first-order valence-electron chi connectivity index (χ1n) is 11.9. The number of fused-ring (bicyclic) bond motifs is 2. The highest BCUT2D eigenvalue weighted by Gasteiger charge is 2.33. The summed E-state index contributed by atoms with van der Waals surface area (Å²) in [6.07, 6.45) is 3.19. The maximum Gasteiger partial charge on any atom is 0.322 e. The molecule has 10 nitrogen and oxygen atoms in total. The number of carboxylic acid groups (broad SMARTS) is 1. The number of likely N-dealkylation sites (tertiary alicyclic amines) is 1. The first-order chi connectivity index (χ1) is 17.4. The molecule has 5 rings (SSSR count). The SMILES string of the molecule is O=C(O)C(CNC(=O)N1CCC(N2Cc3ccccc3NC2=O)CC1)Cc1cc(Cl)c2[nH]ncc2c1. The average Bonchev–Trinajstić information content (AvgIpc) is 3.35. The Morgan fingerprint density at radius 2 is 2.00 bits per heavy atom. The van der Waals surface area contributed by atoms with Gasteiger partial charge in [-0.25, -0.2) is 9.59 Å². The van der Waals surface area contributed by atoms with Gasteiger partial charge in [-0.1, -0.05) is 29.8 Å². The monoisotopic (exact) mass is 510 g/mol. The summed E-state index contributed by atoms with van der Waals surface area (Å²) >= 11 is 6.27. The lowest BCUT2D eigenvalue weighted by atomic mass is 9.98. The molecule has 3 heterocycles. The number of halogens is 1. The lowest BCUT2D eigenvalue weighted by molar-refractivity contribution is -0.141. The van der Waals surface area contributed by atoms with Gasteiger partial charge in [0.2, 0.25) is 0 Å². The standard InChI is InChI=1S/C25H27ClN6O4/c26-20-11-15(9-17-13-28-30-22(17)20)10-18(23(33)34)12-27-24(35)31-7-5-19(6-8-31)32-14-16-3-1-2-4-21(16)29-25(32)36/h1-4,9,11,13,18-19H,5-8,10,12,14H2,(H,27,35)(H,28,30)(H,29,36)(H,33,34). The van der Waals surface area contributed by atoms with Crippen molar-refractivity contribution in [3.8, 4) is 0 Å². The highest BCUT2D eigenvalue weighted by atomic mass is 35.5. The van der Waals surface area contributed by atoms with Crippen molar-refractivity contribution in [3.05, 3.63) is 58.7 Å². The van der Waals surface area contributed by atoms with E-state index in [4.69, 9.17) is 11.6 Å². The fourth-order valence-corrected chi connectivity index (χ4v) is 5.23. The Kier molecular flexibility index (Phi) is 6.69. The van der Waals surface area contributed by atoms with Crippen LogP contribution in [0.4, 0.5) is 15.3 Å². The first-order valence-corrected chi connectivity index (χ1v) is 12.3. The number of carboxylic acids is 1. The molecule has 1 atom stereocenters. The highest BCUT2D eigenvalue weighted by Crippen LogP contribution is 2.28. The molecule has 0 saturated carbocycles. The van der Waals surface area contributed by atoms with Gasteiger partial charge in [0, 0.05) is 43.3 Å². The van der Waals surface area contributed by atoms with E-state index in [1.807, 2.05) is 35.2 Å². The average molecular weight is 511 g/mol. The topological polar surface area (TPSA) is 131 Å².